The number of amides is 1. The van der Waals surface area contributed by atoms with Crippen LogP contribution in [0.4, 0.5) is 13.2 Å². The van der Waals surface area contributed by atoms with Gasteiger partial charge in [-0.2, -0.15) is 4.72 Å². The van der Waals surface area contributed by atoms with Crippen LogP contribution in [0.2, 0.25) is 0 Å². The van der Waals surface area contributed by atoms with Gasteiger partial charge in [0.2, 0.25) is 10.0 Å². The molecular weight excluding hydrogens is 393 g/mol. The van der Waals surface area contributed by atoms with E-state index in [1.165, 1.54) is 6.92 Å². The Morgan fingerprint density at radius 1 is 1.22 bits per heavy atom. The molecule has 8 nitrogen and oxygen atoms in total. The number of benzene rings is 1. The fraction of sp³-hybridized carbons (Fsp3) is 0.467. The zero-order valence-electron chi connectivity index (χ0n) is 14.1. The number of hydrogen-bond donors (Lipinski definition) is 2. The second-order valence-corrected chi connectivity index (χ2v) is 7.53. The molecule has 1 aromatic rings. The molecule has 1 aliphatic rings. The fourth-order valence-corrected chi connectivity index (χ4v) is 2.87. The summed E-state index contributed by atoms with van der Waals surface area (Å²) < 4.78 is 70.8. The first-order valence-electron chi connectivity index (χ1n) is 7.81. The van der Waals surface area contributed by atoms with Crippen molar-refractivity contribution in [3.05, 3.63) is 24.3 Å². The Morgan fingerprint density at radius 2 is 1.81 bits per heavy atom. The zero-order chi connectivity index (χ0) is 20.2. The quantitative estimate of drug-likeness (QED) is 0.621. The Bertz CT molecular complexity index is 791. The number of carbonyl (C=O) groups excluding carboxylic acids is 2. The number of alkyl halides is 3. The van der Waals surface area contributed by atoms with Gasteiger partial charge in [0.05, 0.1) is 4.90 Å². The maximum absolute atomic E-state index is 12.1. The highest BCUT2D eigenvalue weighted by molar-refractivity contribution is 7.89. The molecule has 2 N–H and O–H groups in total. The van der Waals surface area contributed by atoms with E-state index in [0.717, 1.165) is 37.1 Å². The minimum Gasteiger partial charge on any atom is -0.452 e. The zero-order valence-corrected chi connectivity index (χ0v) is 14.9. The molecule has 1 atom stereocenters. The number of rotatable bonds is 8. The van der Waals surface area contributed by atoms with E-state index in [1.807, 2.05) is 4.72 Å². The van der Waals surface area contributed by atoms with Crippen molar-refractivity contribution in [3.8, 4) is 5.75 Å². The standard InChI is InChI=1S/C15H17F3N2O6S/c1-9(14(22)20-10-2-3-10)25-13(21)8-19-27(23,24)12-6-4-11(5-7-12)26-15(16,17)18/h4-7,9-10,19H,2-3,8H2,1H3,(H,20,22)/t9-/m1/s1. The van der Waals surface area contributed by atoms with Crippen LogP contribution in [0.25, 0.3) is 0 Å². The summed E-state index contributed by atoms with van der Waals surface area (Å²) in [5.74, 6) is -2.04. The van der Waals surface area contributed by atoms with Crippen molar-refractivity contribution in [1.29, 1.82) is 0 Å². The van der Waals surface area contributed by atoms with Crippen molar-refractivity contribution in [2.45, 2.75) is 43.2 Å². The van der Waals surface area contributed by atoms with Gasteiger partial charge in [-0.3, -0.25) is 9.59 Å². The third-order valence-corrected chi connectivity index (χ3v) is 4.79. The molecular formula is C15H17F3N2O6S. The van der Waals surface area contributed by atoms with Gasteiger partial charge in [0.25, 0.3) is 5.91 Å². The van der Waals surface area contributed by atoms with Crippen molar-refractivity contribution in [2.24, 2.45) is 0 Å². The first-order chi connectivity index (χ1) is 12.5. The van der Waals surface area contributed by atoms with E-state index in [1.54, 1.807) is 0 Å². The molecule has 1 saturated carbocycles. The van der Waals surface area contributed by atoms with E-state index in [-0.39, 0.29) is 10.9 Å². The van der Waals surface area contributed by atoms with Crippen molar-refractivity contribution in [3.63, 3.8) is 0 Å². The second kappa shape index (κ2) is 8.13. The summed E-state index contributed by atoms with van der Waals surface area (Å²) in [4.78, 5) is 23.0. The molecule has 1 aromatic carbocycles. The Balaban J connectivity index is 1.86. The molecule has 0 heterocycles. The first-order valence-corrected chi connectivity index (χ1v) is 9.30. The third-order valence-electron chi connectivity index (χ3n) is 3.38. The van der Waals surface area contributed by atoms with Gasteiger partial charge in [-0.05, 0) is 44.0 Å². The van der Waals surface area contributed by atoms with E-state index in [2.05, 4.69) is 10.1 Å². The van der Waals surface area contributed by atoms with Gasteiger partial charge in [0.15, 0.2) is 6.10 Å². The van der Waals surface area contributed by atoms with Crippen molar-refractivity contribution < 1.29 is 40.7 Å². The smallest absolute Gasteiger partial charge is 0.452 e. The lowest BCUT2D eigenvalue weighted by Crippen LogP contribution is -2.39. The van der Waals surface area contributed by atoms with Gasteiger partial charge in [-0.25, -0.2) is 8.42 Å². The van der Waals surface area contributed by atoms with Crippen LogP contribution in [-0.2, 0) is 24.3 Å². The maximum Gasteiger partial charge on any atom is 0.573 e. The first kappa shape index (κ1) is 21.0. The number of sulfonamides is 1. The monoisotopic (exact) mass is 410 g/mol. The SMILES string of the molecule is C[C@@H](OC(=O)CNS(=O)(=O)c1ccc(OC(F)(F)F)cc1)C(=O)NC1CC1. The van der Waals surface area contributed by atoms with Crippen molar-refractivity contribution >= 4 is 21.9 Å². The molecule has 0 aliphatic heterocycles. The topological polar surface area (TPSA) is 111 Å². The summed E-state index contributed by atoms with van der Waals surface area (Å²) in [6.07, 6.45) is -4.26. The van der Waals surface area contributed by atoms with Crippen LogP contribution in [0.1, 0.15) is 19.8 Å². The van der Waals surface area contributed by atoms with Gasteiger partial charge >= 0.3 is 12.3 Å². The molecule has 2 rings (SSSR count). The van der Waals surface area contributed by atoms with Gasteiger partial charge in [-0.15, -0.1) is 13.2 Å². The minimum atomic E-state index is -4.90. The summed E-state index contributed by atoms with van der Waals surface area (Å²) in [6, 6.07) is 3.51. The molecule has 1 aliphatic carbocycles. The van der Waals surface area contributed by atoms with E-state index >= 15 is 0 Å². The molecule has 0 radical (unpaired) electrons. The van der Waals surface area contributed by atoms with Crippen LogP contribution < -0.4 is 14.8 Å². The Morgan fingerprint density at radius 3 is 2.33 bits per heavy atom. The molecule has 0 bridgehead atoms. The molecule has 0 spiro atoms. The number of hydrogen-bond acceptors (Lipinski definition) is 6. The van der Waals surface area contributed by atoms with Gasteiger partial charge in [0.1, 0.15) is 12.3 Å². The third kappa shape index (κ3) is 7.06. The molecule has 0 saturated heterocycles. The molecule has 0 aromatic heterocycles. The van der Waals surface area contributed by atoms with E-state index in [4.69, 9.17) is 4.74 Å². The number of esters is 1. The van der Waals surface area contributed by atoms with Gasteiger partial charge in [0, 0.05) is 6.04 Å². The highest BCUT2D eigenvalue weighted by Crippen LogP contribution is 2.23. The van der Waals surface area contributed by atoms with Gasteiger partial charge in [-0.1, -0.05) is 0 Å². The largest absolute Gasteiger partial charge is 0.573 e. The molecule has 1 amide bonds. The van der Waals surface area contributed by atoms with Crippen LogP contribution in [0.3, 0.4) is 0 Å². The minimum absolute atomic E-state index is 0.0847. The van der Waals surface area contributed by atoms with Crippen LogP contribution in [0, 0.1) is 0 Å². The maximum atomic E-state index is 12.1. The lowest BCUT2D eigenvalue weighted by Gasteiger charge is -2.13. The molecule has 1 fully saturated rings. The van der Waals surface area contributed by atoms with Crippen LogP contribution in [-0.4, -0.2) is 45.3 Å². The number of nitrogens with one attached hydrogen (secondary N) is 2. The summed E-state index contributed by atoms with van der Waals surface area (Å²) in [5.41, 5.74) is 0. The predicted molar refractivity (Wildman–Crippen MR) is 85.0 cm³/mol. The van der Waals surface area contributed by atoms with Gasteiger partial charge < -0.3 is 14.8 Å². The van der Waals surface area contributed by atoms with E-state index < -0.39 is 46.7 Å². The number of carbonyl (C=O) groups is 2. The summed E-state index contributed by atoms with van der Waals surface area (Å²) in [5, 5.41) is 2.63. The van der Waals surface area contributed by atoms with E-state index in [9.17, 15) is 31.2 Å². The molecule has 27 heavy (non-hydrogen) atoms. The van der Waals surface area contributed by atoms with Crippen LogP contribution in [0.5, 0.6) is 5.75 Å². The fourth-order valence-electron chi connectivity index (χ4n) is 1.90. The molecule has 150 valence electrons. The molecule has 0 unspecified atom stereocenters. The van der Waals surface area contributed by atoms with Crippen molar-refractivity contribution in [2.75, 3.05) is 6.54 Å². The Labute approximate surface area is 153 Å². The Kier molecular flexibility index (Phi) is 6.31. The van der Waals surface area contributed by atoms with E-state index in [0.29, 0.717) is 0 Å². The highest BCUT2D eigenvalue weighted by Gasteiger charge is 2.31. The lowest BCUT2D eigenvalue weighted by atomic mass is 10.3. The number of halogens is 3. The average Bonchev–Trinajstić information content (AvgIpc) is 3.36. The molecule has 12 heteroatoms. The summed E-state index contributed by atoms with van der Waals surface area (Å²) in [6.45, 7) is 0.605. The number of ether oxygens (including phenoxy) is 2. The average molecular weight is 410 g/mol. The van der Waals surface area contributed by atoms with Crippen LogP contribution in [0.15, 0.2) is 29.2 Å². The van der Waals surface area contributed by atoms with Crippen LogP contribution >= 0.6 is 0 Å². The lowest BCUT2D eigenvalue weighted by molar-refractivity contribution is -0.274. The van der Waals surface area contributed by atoms with Crippen molar-refractivity contribution in [1.82, 2.24) is 10.0 Å². The Hall–Kier alpha value is -2.34. The normalized spacial score (nSPS) is 15.7. The predicted octanol–water partition coefficient (Wildman–Crippen LogP) is 1.07. The summed E-state index contributed by atoms with van der Waals surface area (Å²) >= 11 is 0. The highest BCUT2D eigenvalue weighted by atomic mass is 32.2. The summed E-state index contributed by atoms with van der Waals surface area (Å²) in [7, 11) is -4.17. The second-order valence-electron chi connectivity index (χ2n) is 5.76.